The molecule has 0 saturated carbocycles. The highest BCUT2D eigenvalue weighted by molar-refractivity contribution is 5.70. The molecule has 4 aromatic rings. The lowest BCUT2D eigenvalue weighted by Crippen LogP contribution is -2.05. The molecule has 0 aliphatic carbocycles. The summed E-state index contributed by atoms with van der Waals surface area (Å²) >= 11 is 0. The number of alkyl halides is 3. The van der Waals surface area contributed by atoms with Crippen molar-refractivity contribution >= 4 is 11.5 Å². The highest BCUT2D eigenvalue weighted by Crippen LogP contribution is 2.33. The maximum Gasteiger partial charge on any atom is 0.416 e. The number of para-hydroxylation sites is 1. The van der Waals surface area contributed by atoms with Crippen LogP contribution in [0.1, 0.15) is 5.56 Å². The van der Waals surface area contributed by atoms with E-state index < -0.39 is 11.7 Å². The van der Waals surface area contributed by atoms with Gasteiger partial charge < -0.3 is 5.32 Å². The monoisotopic (exact) mass is 392 g/mol. The Morgan fingerprint density at radius 1 is 0.724 bits per heavy atom. The maximum atomic E-state index is 13.1. The largest absolute Gasteiger partial charge is 0.416 e. The van der Waals surface area contributed by atoms with Crippen molar-refractivity contribution in [3.05, 3.63) is 90.8 Å². The molecule has 2 aromatic heterocycles. The number of anilines is 2. The number of benzene rings is 2. The fraction of sp³-hybridized carbons (Fsp3) is 0.0455. The molecule has 0 atom stereocenters. The van der Waals surface area contributed by atoms with E-state index in [0.717, 1.165) is 17.8 Å². The van der Waals surface area contributed by atoms with Gasteiger partial charge in [0, 0.05) is 35.3 Å². The summed E-state index contributed by atoms with van der Waals surface area (Å²) in [6, 6.07) is 19.6. The Balaban J connectivity index is 1.82. The van der Waals surface area contributed by atoms with Crippen LogP contribution in [0, 0.1) is 0 Å². The summed E-state index contributed by atoms with van der Waals surface area (Å²) < 4.78 is 39.4. The summed E-state index contributed by atoms with van der Waals surface area (Å²) in [6.45, 7) is 0. The van der Waals surface area contributed by atoms with Crippen LogP contribution in [0.25, 0.3) is 22.6 Å². The van der Waals surface area contributed by atoms with Crippen molar-refractivity contribution in [3.8, 4) is 22.6 Å². The van der Waals surface area contributed by atoms with Crippen molar-refractivity contribution < 1.29 is 13.2 Å². The average molecular weight is 392 g/mol. The third kappa shape index (κ3) is 4.40. The minimum Gasteiger partial charge on any atom is -0.340 e. The van der Waals surface area contributed by atoms with Crippen LogP contribution in [0.4, 0.5) is 24.7 Å². The van der Waals surface area contributed by atoms with E-state index in [1.165, 1.54) is 6.07 Å². The van der Waals surface area contributed by atoms with Crippen LogP contribution in [-0.2, 0) is 6.18 Å². The summed E-state index contributed by atoms with van der Waals surface area (Å²) in [4.78, 5) is 13.0. The summed E-state index contributed by atoms with van der Waals surface area (Å²) in [5.41, 5.74) is 1.54. The second-order valence-electron chi connectivity index (χ2n) is 6.27. The van der Waals surface area contributed by atoms with E-state index in [1.54, 1.807) is 36.7 Å². The lowest BCUT2D eigenvalue weighted by molar-refractivity contribution is -0.137. The van der Waals surface area contributed by atoms with Crippen molar-refractivity contribution in [1.29, 1.82) is 0 Å². The number of rotatable bonds is 4. The van der Waals surface area contributed by atoms with Crippen LogP contribution in [0.5, 0.6) is 0 Å². The fourth-order valence-corrected chi connectivity index (χ4v) is 2.81. The first-order valence-electron chi connectivity index (χ1n) is 8.78. The Bertz CT molecular complexity index is 1110. The molecule has 0 amide bonds. The van der Waals surface area contributed by atoms with Gasteiger partial charge in [-0.1, -0.05) is 30.3 Å². The van der Waals surface area contributed by atoms with E-state index in [-0.39, 0.29) is 0 Å². The summed E-state index contributed by atoms with van der Waals surface area (Å²) in [5, 5.41) is 3.18. The summed E-state index contributed by atoms with van der Waals surface area (Å²) in [6.07, 6.45) is -1.21. The molecule has 4 rings (SSSR count). The fourth-order valence-electron chi connectivity index (χ4n) is 2.81. The molecule has 4 nitrogen and oxygen atoms in total. The zero-order chi connectivity index (χ0) is 20.3. The SMILES string of the molecule is FC(F)(F)c1cccc(-c2cc(Nc3ccccc3)nc(-c3ccncc3)n2)c1. The molecule has 0 fully saturated rings. The van der Waals surface area contributed by atoms with Gasteiger partial charge in [-0.2, -0.15) is 13.2 Å². The van der Waals surface area contributed by atoms with Gasteiger partial charge in [0.25, 0.3) is 0 Å². The Morgan fingerprint density at radius 2 is 1.48 bits per heavy atom. The summed E-state index contributed by atoms with van der Waals surface area (Å²) in [5.74, 6) is 0.867. The van der Waals surface area contributed by atoms with Crippen LogP contribution < -0.4 is 5.32 Å². The standard InChI is InChI=1S/C22H15F3N4/c23-22(24,25)17-6-4-5-16(13-17)19-14-20(27-18-7-2-1-3-8-18)29-21(28-19)15-9-11-26-12-10-15/h1-14H,(H,27,28,29). The van der Waals surface area contributed by atoms with Gasteiger partial charge in [0.2, 0.25) is 0 Å². The predicted molar refractivity (Wildman–Crippen MR) is 105 cm³/mol. The first-order valence-corrected chi connectivity index (χ1v) is 8.78. The first-order chi connectivity index (χ1) is 14.0. The molecule has 0 saturated heterocycles. The Kier molecular flexibility index (Phi) is 4.95. The molecule has 0 radical (unpaired) electrons. The lowest BCUT2D eigenvalue weighted by atomic mass is 10.1. The molecule has 1 N–H and O–H groups in total. The zero-order valence-corrected chi connectivity index (χ0v) is 15.1. The van der Waals surface area contributed by atoms with Gasteiger partial charge in [-0.05, 0) is 36.4 Å². The molecule has 2 heterocycles. The molecule has 0 aliphatic rings. The van der Waals surface area contributed by atoms with Gasteiger partial charge >= 0.3 is 6.18 Å². The van der Waals surface area contributed by atoms with Gasteiger partial charge in [-0.25, -0.2) is 9.97 Å². The van der Waals surface area contributed by atoms with Crippen molar-refractivity contribution in [2.75, 3.05) is 5.32 Å². The van der Waals surface area contributed by atoms with Crippen LogP contribution in [-0.4, -0.2) is 15.0 Å². The van der Waals surface area contributed by atoms with Crippen molar-refractivity contribution in [2.45, 2.75) is 6.18 Å². The minimum atomic E-state index is -4.43. The van der Waals surface area contributed by atoms with Gasteiger partial charge in [-0.3, -0.25) is 4.98 Å². The Labute approximate surface area is 165 Å². The minimum absolute atomic E-state index is 0.355. The topological polar surface area (TPSA) is 50.7 Å². The number of hydrogen-bond acceptors (Lipinski definition) is 4. The predicted octanol–water partition coefficient (Wildman–Crippen LogP) is 5.97. The first kappa shape index (κ1) is 18.6. The number of aromatic nitrogens is 3. The molecular formula is C22H15F3N4. The molecule has 7 heteroatoms. The van der Waals surface area contributed by atoms with E-state index in [4.69, 9.17) is 0 Å². The van der Waals surface area contributed by atoms with E-state index >= 15 is 0 Å². The van der Waals surface area contributed by atoms with Crippen LogP contribution in [0.3, 0.4) is 0 Å². The smallest absolute Gasteiger partial charge is 0.340 e. The van der Waals surface area contributed by atoms with Crippen molar-refractivity contribution in [3.63, 3.8) is 0 Å². The van der Waals surface area contributed by atoms with Gasteiger partial charge in [0.1, 0.15) is 5.82 Å². The van der Waals surface area contributed by atoms with E-state index in [2.05, 4.69) is 20.3 Å². The highest BCUT2D eigenvalue weighted by atomic mass is 19.4. The number of pyridine rings is 1. The molecular weight excluding hydrogens is 377 g/mol. The Morgan fingerprint density at radius 3 is 2.21 bits per heavy atom. The second-order valence-corrected chi connectivity index (χ2v) is 6.27. The number of nitrogens with zero attached hydrogens (tertiary/aromatic N) is 3. The van der Waals surface area contributed by atoms with Crippen LogP contribution in [0.15, 0.2) is 85.2 Å². The van der Waals surface area contributed by atoms with E-state index in [1.807, 2.05) is 30.3 Å². The number of hydrogen-bond donors (Lipinski definition) is 1. The van der Waals surface area contributed by atoms with Gasteiger partial charge in [0.05, 0.1) is 11.3 Å². The van der Waals surface area contributed by atoms with Gasteiger partial charge in [-0.15, -0.1) is 0 Å². The van der Waals surface area contributed by atoms with E-state index in [9.17, 15) is 13.2 Å². The number of halogens is 3. The van der Waals surface area contributed by atoms with Crippen molar-refractivity contribution in [1.82, 2.24) is 15.0 Å². The highest BCUT2D eigenvalue weighted by Gasteiger charge is 2.30. The third-order valence-corrected chi connectivity index (χ3v) is 4.20. The molecule has 0 bridgehead atoms. The third-order valence-electron chi connectivity index (χ3n) is 4.20. The molecule has 29 heavy (non-hydrogen) atoms. The molecule has 0 unspecified atom stereocenters. The van der Waals surface area contributed by atoms with Crippen LogP contribution in [0.2, 0.25) is 0 Å². The molecule has 0 aliphatic heterocycles. The van der Waals surface area contributed by atoms with E-state index in [0.29, 0.717) is 28.5 Å². The number of nitrogens with one attached hydrogen (secondary N) is 1. The average Bonchev–Trinajstić information content (AvgIpc) is 2.74. The second kappa shape index (κ2) is 7.71. The molecule has 2 aromatic carbocycles. The van der Waals surface area contributed by atoms with Gasteiger partial charge in [0.15, 0.2) is 5.82 Å². The zero-order valence-electron chi connectivity index (χ0n) is 15.1. The lowest BCUT2D eigenvalue weighted by Gasteiger charge is -2.12. The van der Waals surface area contributed by atoms with Crippen LogP contribution >= 0.6 is 0 Å². The normalized spacial score (nSPS) is 11.3. The molecule has 144 valence electrons. The Hall–Kier alpha value is -3.74. The molecule has 0 spiro atoms. The quantitative estimate of drug-likeness (QED) is 0.465. The van der Waals surface area contributed by atoms with Crippen molar-refractivity contribution in [2.24, 2.45) is 0 Å². The maximum absolute atomic E-state index is 13.1. The summed E-state index contributed by atoms with van der Waals surface area (Å²) in [7, 11) is 0.